The van der Waals surface area contributed by atoms with Gasteiger partial charge in [-0.1, -0.05) is 6.92 Å². The number of carbonyl (C=O) groups is 1. The van der Waals surface area contributed by atoms with Gasteiger partial charge in [0.15, 0.2) is 0 Å². The van der Waals surface area contributed by atoms with Gasteiger partial charge in [0.25, 0.3) is 6.08 Å². The molecular weight excluding hydrogens is 188 g/mol. The molecular formula is C8H8N2O4. The van der Waals surface area contributed by atoms with Gasteiger partial charge in [-0.15, -0.1) is 0 Å². The van der Waals surface area contributed by atoms with Gasteiger partial charge in [0.1, 0.15) is 0 Å². The molecule has 0 aliphatic heterocycles. The highest BCUT2D eigenvalue weighted by atomic mass is 16.7. The fourth-order valence-corrected chi connectivity index (χ4v) is 0.730. The first-order valence-electron chi connectivity index (χ1n) is 3.73. The molecule has 0 spiro atoms. The van der Waals surface area contributed by atoms with Gasteiger partial charge in [-0.05, 0) is 13.3 Å². The van der Waals surface area contributed by atoms with Crippen molar-refractivity contribution in [2.24, 2.45) is 10.1 Å². The minimum absolute atomic E-state index is 0.106. The van der Waals surface area contributed by atoms with Crippen LogP contribution in [-0.2, 0) is 19.2 Å². The summed E-state index contributed by atoms with van der Waals surface area (Å²) < 4.78 is 0. The summed E-state index contributed by atoms with van der Waals surface area (Å²) in [6, 6.07) is 0. The van der Waals surface area contributed by atoms with Crippen molar-refractivity contribution in [2.45, 2.75) is 20.3 Å². The fourth-order valence-electron chi connectivity index (χ4n) is 0.730. The molecule has 0 aromatic rings. The summed E-state index contributed by atoms with van der Waals surface area (Å²) in [4.78, 5) is 38.0. The summed E-state index contributed by atoms with van der Waals surface area (Å²) in [6.07, 6.45) is 2.73. The third kappa shape index (κ3) is 3.58. The second-order valence-corrected chi connectivity index (χ2v) is 2.19. The predicted octanol–water partition coefficient (Wildman–Crippen LogP) is 0.800. The van der Waals surface area contributed by atoms with Gasteiger partial charge in [0.05, 0.1) is 11.3 Å². The molecule has 0 fully saturated rings. The van der Waals surface area contributed by atoms with Crippen LogP contribution in [0.15, 0.2) is 21.4 Å². The zero-order chi connectivity index (χ0) is 11.0. The Morgan fingerprint density at radius 2 is 2.00 bits per heavy atom. The van der Waals surface area contributed by atoms with Gasteiger partial charge >= 0.3 is 5.97 Å². The zero-order valence-corrected chi connectivity index (χ0v) is 7.73. The van der Waals surface area contributed by atoms with E-state index in [1.807, 2.05) is 0 Å². The number of aliphatic imine (C=N–C) groups is 1. The number of hydrogen-bond donors (Lipinski definition) is 0. The van der Waals surface area contributed by atoms with Gasteiger partial charge in [0.2, 0.25) is 6.08 Å². The molecule has 0 unspecified atom stereocenters. The van der Waals surface area contributed by atoms with E-state index in [1.54, 1.807) is 6.92 Å². The second-order valence-electron chi connectivity index (χ2n) is 2.19. The number of hydrogen-bond acceptors (Lipinski definition) is 6. The lowest BCUT2D eigenvalue weighted by atomic mass is 10.2. The van der Waals surface area contributed by atoms with Gasteiger partial charge in [-0.3, -0.25) is 0 Å². The predicted molar refractivity (Wildman–Crippen MR) is 45.3 cm³/mol. The molecule has 0 aliphatic carbocycles. The van der Waals surface area contributed by atoms with E-state index in [2.05, 4.69) is 15.0 Å². The summed E-state index contributed by atoms with van der Waals surface area (Å²) in [7, 11) is 0. The lowest BCUT2D eigenvalue weighted by Crippen LogP contribution is -2.03. The highest BCUT2D eigenvalue weighted by Crippen LogP contribution is 2.10. The standard InChI is InChI=1S/C8H8N2O4/c1-3-7(9-4-11)6(2)8(13)14-10-5-12/h3H2,1-2H3. The summed E-state index contributed by atoms with van der Waals surface area (Å²) in [6.45, 7) is 3.11. The van der Waals surface area contributed by atoms with Crippen LogP contribution in [0, 0.1) is 0 Å². The fraction of sp³-hybridized carbons (Fsp3) is 0.375. The highest BCUT2D eigenvalue weighted by molar-refractivity contribution is 5.88. The first kappa shape index (κ1) is 12.0. The van der Waals surface area contributed by atoms with Crippen molar-refractivity contribution >= 4 is 18.1 Å². The minimum atomic E-state index is -0.843. The summed E-state index contributed by atoms with van der Waals surface area (Å²) >= 11 is 0. The average Bonchev–Trinajstić information content (AvgIpc) is 2.21. The Morgan fingerprint density at radius 3 is 2.43 bits per heavy atom. The molecule has 0 atom stereocenters. The number of rotatable bonds is 4. The van der Waals surface area contributed by atoms with Crippen LogP contribution in [0.4, 0.5) is 0 Å². The second kappa shape index (κ2) is 6.48. The van der Waals surface area contributed by atoms with Crippen LogP contribution in [-0.4, -0.2) is 18.1 Å². The number of isocyanates is 2. The first-order valence-corrected chi connectivity index (χ1v) is 3.73. The molecule has 0 aliphatic rings. The molecule has 0 bridgehead atoms. The van der Waals surface area contributed by atoms with Crippen LogP contribution in [0.5, 0.6) is 0 Å². The van der Waals surface area contributed by atoms with E-state index in [-0.39, 0.29) is 11.3 Å². The molecule has 0 aromatic heterocycles. The molecule has 14 heavy (non-hydrogen) atoms. The van der Waals surface area contributed by atoms with E-state index < -0.39 is 5.97 Å². The van der Waals surface area contributed by atoms with Crippen LogP contribution >= 0.6 is 0 Å². The Bertz CT molecular complexity index is 346. The first-order chi connectivity index (χ1) is 6.67. The molecule has 0 amide bonds. The molecule has 0 heterocycles. The molecule has 6 heteroatoms. The van der Waals surface area contributed by atoms with Gasteiger partial charge < -0.3 is 4.84 Å². The van der Waals surface area contributed by atoms with Crippen molar-refractivity contribution in [1.82, 2.24) is 0 Å². The maximum Gasteiger partial charge on any atom is 0.364 e. The van der Waals surface area contributed by atoms with Crippen molar-refractivity contribution in [3.8, 4) is 0 Å². The van der Waals surface area contributed by atoms with Crippen molar-refractivity contribution < 1.29 is 19.2 Å². The summed E-state index contributed by atoms with van der Waals surface area (Å²) in [5, 5.41) is 2.64. The molecule has 0 aromatic carbocycles. The maximum absolute atomic E-state index is 11.0. The van der Waals surface area contributed by atoms with E-state index in [1.165, 1.54) is 13.0 Å². The van der Waals surface area contributed by atoms with E-state index in [4.69, 9.17) is 0 Å². The quantitative estimate of drug-likeness (QED) is 0.219. The van der Waals surface area contributed by atoms with Gasteiger partial charge in [0, 0.05) is 5.16 Å². The van der Waals surface area contributed by atoms with Crippen molar-refractivity contribution in [1.29, 1.82) is 0 Å². The average molecular weight is 196 g/mol. The Kier molecular flexibility index (Phi) is 5.54. The summed E-state index contributed by atoms with van der Waals surface area (Å²) in [5.74, 6) is -0.843. The molecule has 0 rings (SSSR count). The van der Waals surface area contributed by atoms with Gasteiger partial charge in [-0.2, -0.15) is 4.99 Å². The Hall–Kier alpha value is -2.03. The van der Waals surface area contributed by atoms with E-state index in [0.29, 0.717) is 6.42 Å². The lowest BCUT2D eigenvalue weighted by Gasteiger charge is -1.99. The lowest BCUT2D eigenvalue weighted by molar-refractivity contribution is -0.139. The minimum Gasteiger partial charge on any atom is -0.301 e. The molecule has 6 nitrogen and oxygen atoms in total. The Labute approximate surface area is 79.9 Å². The third-order valence-electron chi connectivity index (χ3n) is 1.42. The van der Waals surface area contributed by atoms with E-state index >= 15 is 0 Å². The summed E-state index contributed by atoms with van der Waals surface area (Å²) in [5.41, 5.74) is 0.348. The molecule has 74 valence electrons. The molecule has 0 saturated carbocycles. The topological polar surface area (TPSA) is 85.2 Å². The van der Waals surface area contributed by atoms with Crippen molar-refractivity contribution in [3.05, 3.63) is 11.3 Å². The maximum atomic E-state index is 11.0. The monoisotopic (exact) mass is 196 g/mol. The van der Waals surface area contributed by atoms with Crippen LogP contribution in [0.3, 0.4) is 0 Å². The van der Waals surface area contributed by atoms with Gasteiger partial charge in [-0.25, -0.2) is 14.4 Å². The Balaban J connectivity index is 4.84. The zero-order valence-electron chi connectivity index (χ0n) is 7.73. The SMILES string of the molecule is CCC(N=C=O)=C(C)C(=O)ON=C=O. The normalized spacial score (nSPS) is 10.4. The number of carbonyl (C=O) groups excluding carboxylic acids is 3. The van der Waals surface area contributed by atoms with Crippen LogP contribution in [0.1, 0.15) is 20.3 Å². The molecule has 0 saturated heterocycles. The van der Waals surface area contributed by atoms with E-state index in [0.717, 1.165) is 6.08 Å². The highest BCUT2D eigenvalue weighted by Gasteiger charge is 2.10. The van der Waals surface area contributed by atoms with Crippen molar-refractivity contribution in [3.63, 3.8) is 0 Å². The van der Waals surface area contributed by atoms with Crippen LogP contribution < -0.4 is 0 Å². The number of allylic oxidation sites excluding steroid dienone is 1. The Morgan fingerprint density at radius 1 is 1.36 bits per heavy atom. The van der Waals surface area contributed by atoms with Crippen LogP contribution in [0.25, 0.3) is 0 Å². The molecule has 0 radical (unpaired) electrons. The molecule has 0 N–H and O–H groups in total. The smallest absolute Gasteiger partial charge is 0.301 e. The van der Waals surface area contributed by atoms with Crippen molar-refractivity contribution in [2.75, 3.05) is 0 Å². The van der Waals surface area contributed by atoms with E-state index in [9.17, 15) is 14.4 Å². The largest absolute Gasteiger partial charge is 0.364 e. The third-order valence-corrected chi connectivity index (χ3v) is 1.42. The van der Waals surface area contributed by atoms with Crippen LogP contribution in [0.2, 0.25) is 0 Å². The number of nitrogens with zero attached hydrogens (tertiary/aromatic N) is 2.